The Morgan fingerprint density at radius 1 is 0.806 bits per heavy atom. The Hall–Kier alpha value is -3.44. The molecule has 0 aliphatic carbocycles. The van der Waals surface area contributed by atoms with Gasteiger partial charge in [-0.15, -0.1) is 0 Å². The van der Waals surface area contributed by atoms with E-state index in [4.69, 9.17) is 11.6 Å². The van der Waals surface area contributed by atoms with Crippen LogP contribution in [-0.2, 0) is 22.6 Å². The van der Waals surface area contributed by atoms with Crippen LogP contribution in [-0.4, -0.2) is 23.3 Å². The first kappa shape index (κ1) is 19.5. The number of imide groups is 1. The molecule has 2 aliphatic heterocycles. The van der Waals surface area contributed by atoms with E-state index in [1.165, 1.54) is 22.6 Å². The Balaban J connectivity index is 1.61. The molecule has 0 atom stereocenters. The van der Waals surface area contributed by atoms with Crippen LogP contribution >= 0.6 is 11.6 Å². The largest absolute Gasteiger partial charge is 0.362 e. The second-order valence-electron chi connectivity index (χ2n) is 7.59. The van der Waals surface area contributed by atoms with Gasteiger partial charge in [0.2, 0.25) is 0 Å². The number of hydrogen-bond acceptors (Lipinski definition) is 3. The average Bonchev–Trinajstić information content (AvgIpc) is 3.05. The van der Waals surface area contributed by atoms with Crippen LogP contribution in [0.15, 0.2) is 78.5 Å². The lowest BCUT2D eigenvalue weighted by Crippen LogP contribution is -2.37. The molecule has 3 aromatic rings. The van der Waals surface area contributed by atoms with Gasteiger partial charge in [-0.25, -0.2) is 9.29 Å². The summed E-state index contributed by atoms with van der Waals surface area (Å²) in [5.41, 5.74) is 3.98. The predicted octanol–water partition coefficient (Wildman–Crippen LogP) is 4.82. The summed E-state index contributed by atoms with van der Waals surface area (Å²) in [4.78, 5) is 30.2. The standard InChI is InChI=1S/C25H18ClFN2O2/c26-19-7-11-21(12-8-19)29-24(30)22(17-5-9-20(27)10-6-17)23(25(29)31)28-14-13-16-3-1-2-4-18(16)15-28/h1-12H,13-15H2. The first-order valence-electron chi connectivity index (χ1n) is 9.99. The summed E-state index contributed by atoms with van der Waals surface area (Å²) >= 11 is 5.99. The summed E-state index contributed by atoms with van der Waals surface area (Å²) in [5.74, 6) is -1.21. The van der Waals surface area contributed by atoms with Crippen LogP contribution in [0, 0.1) is 5.82 Å². The van der Waals surface area contributed by atoms with E-state index < -0.39 is 11.7 Å². The Labute approximate surface area is 184 Å². The highest BCUT2D eigenvalue weighted by molar-refractivity contribution is 6.45. The van der Waals surface area contributed by atoms with Crippen molar-refractivity contribution in [2.45, 2.75) is 13.0 Å². The molecule has 0 radical (unpaired) electrons. The molecule has 2 aliphatic rings. The van der Waals surface area contributed by atoms with E-state index in [9.17, 15) is 14.0 Å². The van der Waals surface area contributed by atoms with Crippen molar-refractivity contribution in [3.05, 3.63) is 106 Å². The van der Waals surface area contributed by atoms with Crippen molar-refractivity contribution in [1.29, 1.82) is 0 Å². The number of carbonyl (C=O) groups is 2. The topological polar surface area (TPSA) is 40.6 Å². The van der Waals surface area contributed by atoms with E-state index in [-0.39, 0.29) is 5.91 Å². The second kappa shape index (κ2) is 7.67. The van der Waals surface area contributed by atoms with Crippen LogP contribution in [0.2, 0.25) is 5.02 Å². The summed E-state index contributed by atoms with van der Waals surface area (Å²) in [6.45, 7) is 1.15. The summed E-state index contributed by atoms with van der Waals surface area (Å²) in [6, 6.07) is 20.4. The number of anilines is 1. The molecule has 5 rings (SSSR count). The fraction of sp³-hybridized carbons (Fsp3) is 0.120. The van der Waals surface area contributed by atoms with Gasteiger partial charge in [-0.2, -0.15) is 0 Å². The van der Waals surface area contributed by atoms with E-state index in [0.717, 1.165) is 12.0 Å². The molecular weight excluding hydrogens is 415 g/mol. The fourth-order valence-electron chi connectivity index (χ4n) is 4.20. The number of rotatable bonds is 3. The van der Waals surface area contributed by atoms with Crippen molar-refractivity contribution in [2.24, 2.45) is 0 Å². The first-order valence-corrected chi connectivity index (χ1v) is 10.4. The van der Waals surface area contributed by atoms with Crippen molar-refractivity contribution < 1.29 is 14.0 Å². The van der Waals surface area contributed by atoms with Gasteiger partial charge >= 0.3 is 0 Å². The highest BCUT2D eigenvalue weighted by Gasteiger charge is 2.43. The van der Waals surface area contributed by atoms with Gasteiger partial charge in [-0.1, -0.05) is 48.0 Å². The molecular formula is C25H18ClFN2O2. The van der Waals surface area contributed by atoms with Crippen molar-refractivity contribution in [2.75, 3.05) is 11.4 Å². The molecule has 154 valence electrons. The molecule has 0 fully saturated rings. The number of carbonyl (C=O) groups excluding carboxylic acids is 2. The van der Waals surface area contributed by atoms with Gasteiger partial charge in [0.1, 0.15) is 11.5 Å². The third kappa shape index (κ3) is 3.41. The molecule has 0 saturated carbocycles. The molecule has 2 heterocycles. The molecule has 0 N–H and O–H groups in total. The molecule has 3 aromatic carbocycles. The van der Waals surface area contributed by atoms with Gasteiger partial charge < -0.3 is 4.90 Å². The van der Waals surface area contributed by atoms with Crippen LogP contribution in [0.5, 0.6) is 0 Å². The van der Waals surface area contributed by atoms with Gasteiger partial charge in [0.15, 0.2) is 0 Å². The van der Waals surface area contributed by atoms with Gasteiger partial charge in [0.05, 0.1) is 11.3 Å². The second-order valence-corrected chi connectivity index (χ2v) is 8.03. The molecule has 0 spiro atoms. The van der Waals surface area contributed by atoms with E-state index in [1.807, 2.05) is 23.1 Å². The number of hydrogen-bond donors (Lipinski definition) is 0. The van der Waals surface area contributed by atoms with E-state index >= 15 is 0 Å². The Morgan fingerprint density at radius 2 is 1.48 bits per heavy atom. The molecule has 0 unspecified atom stereocenters. The van der Waals surface area contributed by atoms with E-state index in [1.54, 1.807) is 36.4 Å². The lowest BCUT2D eigenvalue weighted by Gasteiger charge is -2.31. The maximum Gasteiger partial charge on any atom is 0.282 e. The third-order valence-corrected chi connectivity index (χ3v) is 5.98. The molecule has 0 bridgehead atoms. The van der Waals surface area contributed by atoms with Crippen molar-refractivity contribution in [1.82, 2.24) is 4.90 Å². The van der Waals surface area contributed by atoms with Crippen LogP contribution in [0.4, 0.5) is 10.1 Å². The number of benzene rings is 3. The minimum absolute atomic E-state index is 0.291. The zero-order chi connectivity index (χ0) is 21.5. The third-order valence-electron chi connectivity index (χ3n) is 5.72. The molecule has 2 amide bonds. The van der Waals surface area contributed by atoms with Crippen LogP contribution in [0.25, 0.3) is 5.57 Å². The minimum atomic E-state index is -0.423. The lowest BCUT2D eigenvalue weighted by molar-refractivity contribution is -0.120. The van der Waals surface area contributed by atoms with Crippen LogP contribution < -0.4 is 4.90 Å². The maximum atomic E-state index is 13.6. The first-order chi connectivity index (χ1) is 15.0. The Morgan fingerprint density at radius 3 is 2.19 bits per heavy atom. The zero-order valence-electron chi connectivity index (χ0n) is 16.5. The summed E-state index contributed by atoms with van der Waals surface area (Å²) in [6.07, 6.45) is 0.777. The van der Waals surface area contributed by atoms with Gasteiger partial charge in [-0.05, 0) is 59.5 Å². The number of amides is 2. The highest BCUT2D eigenvalue weighted by Crippen LogP contribution is 2.37. The normalized spacial score (nSPS) is 16.2. The molecule has 6 heteroatoms. The maximum absolute atomic E-state index is 13.6. The van der Waals surface area contributed by atoms with Gasteiger partial charge in [0, 0.05) is 18.1 Å². The smallest absolute Gasteiger partial charge is 0.282 e. The average molecular weight is 433 g/mol. The summed E-state index contributed by atoms with van der Waals surface area (Å²) < 4.78 is 13.5. The quantitative estimate of drug-likeness (QED) is 0.557. The fourth-order valence-corrected chi connectivity index (χ4v) is 4.33. The van der Waals surface area contributed by atoms with Crippen molar-refractivity contribution in [3.8, 4) is 0 Å². The SMILES string of the molecule is O=C1C(c2ccc(F)cc2)=C(N2CCc3ccccc3C2)C(=O)N1c1ccc(Cl)cc1. The molecule has 4 nitrogen and oxygen atoms in total. The molecule has 31 heavy (non-hydrogen) atoms. The Bertz CT molecular complexity index is 1220. The lowest BCUT2D eigenvalue weighted by atomic mass is 9.98. The number of nitrogens with zero attached hydrogens (tertiary/aromatic N) is 2. The van der Waals surface area contributed by atoms with Gasteiger partial charge in [0.25, 0.3) is 11.8 Å². The van der Waals surface area contributed by atoms with Crippen LogP contribution in [0.1, 0.15) is 16.7 Å². The zero-order valence-corrected chi connectivity index (χ0v) is 17.3. The van der Waals surface area contributed by atoms with Gasteiger partial charge in [-0.3, -0.25) is 9.59 Å². The monoisotopic (exact) mass is 432 g/mol. The van der Waals surface area contributed by atoms with E-state index in [2.05, 4.69) is 6.07 Å². The van der Waals surface area contributed by atoms with Crippen molar-refractivity contribution in [3.63, 3.8) is 0 Å². The summed E-state index contributed by atoms with van der Waals surface area (Å²) in [7, 11) is 0. The van der Waals surface area contributed by atoms with Crippen LogP contribution in [0.3, 0.4) is 0 Å². The summed E-state index contributed by atoms with van der Waals surface area (Å²) in [5, 5.41) is 0.516. The highest BCUT2D eigenvalue weighted by atomic mass is 35.5. The van der Waals surface area contributed by atoms with E-state index in [0.29, 0.717) is 40.6 Å². The number of fused-ring (bicyclic) bond motifs is 1. The number of halogens is 2. The molecule has 0 aromatic heterocycles. The molecule has 0 saturated heterocycles. The predicted molar refractivity (Wildman–Crippen MR) is 118 cm³/mol. The van der Waals surface area contributed by atoms with Crippen molar-refractivity contribution >= 4 is 34.7 Å². The Kier molecular flexibility index (Phi) is 4.83. The minimum Gasteiger partial charge on any atom is -0.362 e.